The third-order valence-corrected chi connectivity index (χ3v) is 5.40. The summed E-state index contributed by atoms with van der Waals surface area (Å²) >= 11 is 0. The van der Waals surface area contributed by atoms with E-state index in [1.807, 2.05) is 13.8 Å². The molecule has 0 aliphatic heterocycles. The zero-order valence-corrected chi connectivity index (χ0v) is 15.4. The second kappa shape index (κ2) is 9.03. The van der Waals surface area contributed by atoms with Crippen molar-refractivity contribution in [2.24, 2.45) is 0 Å². The molecule has 130 valence electrons. The van der Waals surface area contributed by atoms with Gasteiger partial charge in [0.25, 0.3) is 0 Å². The van der Waals surface area contributed by atoms with Crippen molar-refractivity contribution in [3.05, 3.63) is 29.3 Å². The van der Waals surface area contributed by atoms with Crippen LogP contribution in [0.1, 0.15) is 44.2 Å². The average molecular weight is 340 g/mol. The van der Waals surface area contributed by atoms with E-state index in [1.54, 1.807) is 23.1 Å². The van der Waals surface area contributed by atoms with Crippen LogP contribution in [0.15, 0.2) is 23.1 Å². The molecule has 0 bridgehead atoms. The van der Waals surface area contributed by atoms with E-state index in [4.69, 9.17) is 0 Å². The molecule has 5 nitrogen and oxygen atoms in total. The molecule has 6 heteroatoms. The van der Waals surface area contributed by atoms with Crippen molar-refractivity contribution in [3.8, 4) is 0 Å². The molecule has 0 radical (unpaired) electrons. The highest BCUT2D eigenvalue weighted by Crippen LogP contribution is 2.14. The molecule has 0 fully saturated rings. The molecule has 1 aromatic carbocycles. The summed E-state index contributed by atoms with van der Waals surface area (Å²) < 4.78 is 27.2. The number of benzene rings is 1. The smallest absolute Gasteiger partial charge is 0.240 e. The van der Waals surface area contributed by atoms with Gasteiger partial charge in [-0.3, -0.25) is 4.79 Å². The summed E-state index contributed by atoms with van der Waals surface area (Å²) in [4.78, 5) is 13.6. The van der Waals surface area contributed by atoms with Crippen LogP contribution in [0.4, 0.5) is 0 Å². The Balaban J connectivity index is 2.60. The van der Waals surface area contributed by atoms with Crippen LogP contribution < -0.4 is 4.72 Å². The number of sulfonamides is 1. The Morgan fingerprint density at radius 2 is 1.83 bits per heavy atom. The number of unbranched alkanes of at least 4 members (excludes halogenated alkanes) is 2. The third-order valence-electron chi connectivity index (χ3n) is 3.94. The summed E-state index contributed by atoms with van der Waals surface area (Å²) in [6.45, 7) is 8.75. The van der Waals surface area contributed by atoms with Gasteiger partial charge in [0.1, 0.15) is 0 Å². The Labute approximate surface area is 140 Å². The topological polar surface area (TPSA) is 66.5 Å². The van der Waals surface area contributed by atoms with Gasteiger partial charge in [-0.2, -0.15) is 0 Å². The van der Waals surface area contributed by atoms with Gasteiger partial charge in [0, 0.05) is 26.6 Å². The van der Waals surface area contributed by atoms with Gasteiger partial charge in [-0.15, -0.1) is 0 Å². The highest BCUT2D eigenvalue weighted by molar-refractivity contribution is 7.89. The summed E-state index contributed by atoms with van der Waals surface area (Å²) in [6, 6.07) is 5.08. The third kappa shape index (κ3) is 6.31. The second-order valence-corrected chi connectivity index (χ2v) is 7.62. The van der Waals surface area contributed by atoms with Crippen LogP contribution in [0.2, 0.25) is 0 Å². The fraction of sp³-hybridized carbons (Fsp3) is 0.588. The molecule has 0 saturated heterocycles. The second-order valence-electron chi connectivity index (χ2n) is 5.86. The number of amides is 1. The molecule has 1 N–H and O–H groups in total. The Morgan fingerprint density at radius 3 is 2.39 bits per heavy atom. The molecule has 0 aliphatic rings. The van der Waals surface area contributed by atoms with Crippen molar-refractivity contribution in [2.75, 3.05) is 19.6 Å². The Bertz CT molecular complexity index is 627. The van der Waals surface area contributed by atoms with Gasteiger partial charge in [0.15, 0.2) is 0 Å². The van der Waals surface area contributed by atoms with E-state index in [9.17, 15) is 13.2 Å². The number of nitrogens with zero attached hydrogens (tertiary/aromatic N) is 1. The summed E-state index contributed by atoms with van der Waals surface area (Å²) in [5, 5.41) is 0. The van der Waals surface area contributed by atoms with E-state index in [0.717, 1.165) is 30.4 Å². The molecule has 23 heavy (non-hydrogen) atoms. The molecule has 0 heterocycles. The van der Waals surface area contributed by atoms with E-state index in [-0.39, 0.29) is 17.3 Å². The molecule has 0 atom stereocenters. The first-order chi connectivity index (χ1) is 10.8. The molecular formula is C17H28N2O3S. The molecule has 0 unspecified atom stereocenters. The van der Waals surface area contributed by atoms with Crippen molar-refractivity contribution >= 4 is 15.9 Å². The zero-order valence-electron chi connectivity index (χ0n) is 14.6. The van der Waals surface area contributed by atoms with Gasteiger partial charge in [-0.1, -0.05) is 25.8 Å². The van der Waals surface area contributed by atoms with Gasteiger partial charge in [-0.05, 0) is 43.5 Å². The van der Waals surface area contributed by atoms with Crippen LogP contribution in [-0.2, 0) is 14.8 Å². The molecule has 0 aliphatic carbocycles. The van der Waals surface area contributed by atoms with Crippen LogP contribution in [-0.4, -0.2) is 38.9 Å². The van der Waals surface area contributed by atoms with Crippen LogP contribution in [0.3, 0.4) is 0 Å². The fourth-order valence-corrected chi connectivity index (χ4v) is 3.36. The number of carbonyl (C=O) groups excluding carboxylic acids is 1. The minimum atomic E-state index is -3.53. The predicted molar refractivity (Wildman–Crippen MR) is 92.9 cm³/mol. The van der Waals surface area contributed by atoms with Crippen molar-refractivity contribution in [2.45, 2.75) is 51.9 Å². The number of hydrogen-bond acceptors (Lipinski definition) is 3. The lowest BCUT2D eigenvalue weighted by Crippen LogP contribution is -2.38. The molecule has 0 aromatic heterocycles. The van der Waals surface area contributed by atoms with Crippen LogP contribution in [0, 0.1) is 13.8 Å². The van der Waals surface area contributed by atoms with E-state index in [0.29, 0.717) is 13.1 Å². The molecule has 0 spiro atoms. The SMILES string of the molecule is CCCCCN(CCNS(=O)(=O)c1ccc(C)c(C)c1)C(C)=O. The first kappa shape index (κ1) is 19.6. The van der Waals surface area contributed by atoms with E-state index in [2.05, 4.69) is 11.6 Å². The quantitative estimate of drug-likeness (QED) is 0.703. The van der Waals surface area contributed by atoms with Gasteiger partial charge >= 0.3 is 0 Å². The number of carbonyl (C=O) groups is 1. The Kier molecular flexibility index (Phi) is 7.72. The van der Waals surface area contributed by atoms with Gasteiger partial charge in [-0.25, -0.2) is 13.1 Å². The van der Waals surface area contributed by atoms with E-state index >= 15 is 0 Å². The minimum Gasteiger partial charge on any atom is -0.342 e. The molecule has 1 amide bonds. The first-order valence-electron chi connectivity index (χ1n) is 8.10. The number of rotatable bonds is 9. The van der Waals surface area contributed by atoms with Gasteiger partial charge in [0.2, 0.25) is 15.9 Å². The summed E-state index contributed by atoms with van der Waals surface area (Å²) in [6.07, 6.45) is 3.10. The zero-order chi connectivity index (χ0) is 17.5. The molecular weight excluding hydrogens is 312 g/mol. The lowest BCUT2D eigenvalue weighted by Gasteiger charge is -2.21. The standard InChI is InChI=1S/C17H28N2O3S/c1-5-6-7-11-19(16(4)20)12-10-18-23(21,22)17-9-8-14(2)15(3)13-17/h8-9,13,18H,5-7,10-12H2,1-4H3. The van der Waals surface area contributed by atoms with Gasteiger partial charge in [0.05, 0.1) is 4.90 Å². The van der Waals surface area contributed by atoms with Crippen molar-refractivity contribution in [1.82, 2.24) is 9.62 Å². The van der Waals surface area contributed by atoms with E-state index < -0.39 is 10.0 Å². The average Bonchev–Trinajstić information content (AvgIpc) is 2.48. The fourth-order valence-electron chi connectivity index (χ4n) is 2.26. The van der Waals surface area contributed by atoms with Crippen LogP contribution in [0.5, 0.6) is 0 Å². The summed E-state index contributed by atoms with van der Waals surface area (Å²) in [5.41, 5.74) is 2.00. The highest BCUT2D eigenvalue weighted by atomic mass is 32.2. The maximum Gasteiger partial charge on any atom is 0.240 e. The number of nitrogens with one attached hydrogen (secondary N) is 1. The molecule has 1 rings (SSSR count). The van der Waals surface area contributed by atoms with Crippen molar-refractivity contribution in [3.63, 3.8) is 0 Å². The Morgan fingerprint density at radius 1 is 1.13 bits per heavy atom. The molecule has 1 aromatic rings. The summed E-state index contributed by atoms with van der Waals surface area (Å²) in [7, 11) is -3.53. The lowest BCUT2D eigenvalue weighted by molar-refractivity contribution is -0.128. The molecule has 0 saturated carbocycles. The first-order valence-corrected chi connectivity index (χ1v) is 9.58. The van der Waals surface area contributed by atoms with Crippen LogP contribution >= 0.6 is 0 Å². The van der Waals surface area contributed by atoms with Crippen molar-refractivity contribution < 1.29 is 13.2 Å². The normalized spacial score (nSPS) is 11.5. The number of aryl methyl sites for hydroxylation is 2. The maximum absolute atomic E-state index is 12.3. The van der Waals surface area contributed by atoms with Gasteiger partial charge < -0.3 is 4.90 Å². The monoisotopic (exact) mass is 340 g/mol. The highest BCUT2D eigenvalue weighted by Gasteiger charge is 2.15. The lowest BCUT2D eigenvalue weighted by atomic mass is 10.1. The van der Waals surface area contributed by atoms with Crippen molar-refractivity contribution in [1.29, 1.82) is 0 Å². The van der Waals surface area contributed by atoms with Crippen LogP contribution in [0.25, 0.3) is 0 Å². The Hall–Kier alpha value is -1.40. The largest absolute Gasteiger partial charge is 0.342 e. The summed E-state index contributed by atoms with van der Waals surface area (Å²) in [5.74, 6) is -0.0218. The maximum atomic E-state index is 12.3. The number of hydrogen-bond donors (Lipinski definition) is 1. The predicted octanol–water partition coefficient (Wildman–Crippen LogP) is 2.62. The minimum absolute atomic E-state index is 0.0218. The van der Waals surface area contributed by atoms with E-state index in [1.165, 1.54) is 6.92 Å².